The first-order valence-electron chi connectivity index (χ1n) is 7.28. The molecule has 100 valence electrons. The van der Waals surface area contributed by atoms with E-state index in [1.54, 1.807) is 0 Å². The zero-order chi connectivity index (χ0) is 12.8. The highest BCUT2D eigenvalue weighted by molar-refractivity contribution is 5.42. The monoisotopic (exact) mass is 246 g/mol. The second kappa shape index (κ2) is 6.79. The van der Waals surface area contributed by atoms with Crippen LogP contribution in [0.15, 0.2) is 30.3 Å². The summed E-state index contributed by atoms with van der Waals surface area (Å²) in [4.78, 5) is 2.56. The van der Waals surface area contributed by atoms with Crippen molar-refractivity contribution >= 4 is 5.69 Å². The number of nitrogens with zero attached hydrogens (tertiary/aromatic N) is 1. The molecular formula is C16H26N2. The highest BCUT2D eigenvalue weighted by Crippen LogP contribution is 2.23. The molecule has 1 saturated carbocycles. The SMILES string of the molecule is CC(CNc1ccccc1)N(C)C1CCCCC1. The van der Waals surface area contributed by atoms with Crippen LogP contribution in [0.2, 0.25) is 0 Å². The molecule has 0 radical (unpaired) electrons. The Balaban J connectivity index is 1.78. The number of rotatable bonds is 5. The van der Waals surface area contributed by atoms with Crippen molar-refractivity contribution in [2.24, 2.45) is 0 Å². The van der Waals surface area contributed by atoms with Gasteiger partial charge in [-0.05, 0) is 38.9 Å². The summed E-state index contributed by atoms with van der Waals surface area (Å²) in [5, 5.41) is 3.52. The summed E-state index contributed by atoms with van der Waals surface area (Å²) in [6.45, 7) is 3.35. The van der Waals surface area contributed by atoms with Crippen LogP contribution in [0.4, 0.5) is 5.69 Å². The quantitative estimate of drug-likeness (QED) is 0.851. The Kier molecular flexibility index (Phi) is 5.06. The van der Waals surface area contributed by atoms with Crippen LogP contribution < -0.4 is 5.32 Å². The highest BCUT2D eigenvalue weighted by atomic mass is 15.2. The van der Waals surface area contributed by atoms with Gasteiger partial charge in [0.15, 0.2) is 0 Å². The molecule has 1 N–H and O–H groups in total. The van der Waals surface area contributed by atoms with Crippen molar-refractivity contribution in [1.29, 1.82) is 0 Å². The number of benzene rings is 1. The highest BCUT2D eigenvalue weighted by Gasteiger charge is 2.21. The number of hydrogen-bond donors (Lipinski definition) is 1. The summed E-state index contributed by atoms with van der Waals surface area (Å²) >= 11 is 0. The second-order valence-corrected chi connectivity index (χ2v) is 5.55. The number of likely N-dealkylation sites (N-methyl/N-ethyl adjacent to an activating group) is 1. The molecule has 2 rings (SSSR count). The zero-order valence-corrected chi connectivity index (χ0v) is 11.7. The average molecular weight is 246 g/mol. The van der Waals surface area contributed by atoms with Crippen molar-refractivity contribution in [1.82, 2.24) is 4.90 Å². The van der Waals surface area contributed by atoms with Crippen molar-refractivity contribution in [3.63, 3.8) is 0 Å². The maximum Gasteiger partial charge on any atom is 0.0340 e. The predicted octanol–water partition coefficient (Wildman–Crippen LogP) is 3.75. The van der Waals surface area contributed by atoms with Crippen molar-refractivity contribution in [2.75, 3.05) is 18.9 Å². The molecule has 0 saturated heterocycles. The molecule has 1 aliphatic rings. The second-order valence-electron chi connectivity index (χ2n) is 5.55. The van der Waals surface area contributed by atoms with Gasteiger partial charge in [-0.1, -0.05) is 37.5 Å². The van der Waals surface area contributed by atoms with E-state index in [4.69, 9.17) is 0 Å². The van der Waals surface area contributed by atoms with Gasteiger partial charge in [0.25, 0.3) is 0 Å². The average Bonchev–Trinajstić information content (AvgIpc) is 2.46. The molecule has 2 heteroatoms. The maximum absolute atomic E-state index is 3.52. The molecule has 0 spiro atoms. The van der Waals surface area contributed by atoms with E-state index >= 15 is 0 Å². The van der Waals surface area contributed by atoms with Crippen molar-refractivity contribution in [3.05, 3.63) is 30.3 Å². The zero-order valence-electron chi connectivity index (χ0n) is 11.7. The van der Waals surface area contributed by atoms with E-state index in [2.05, 4.69) is 54.5 Å². The largest absolute Gasteiger partial charge is 0.383 e. The van der Waals surface area contributed by atoms with Gasteiger partial charge in [-0.15, -0.1) is 0 Å². The fourth-order valence-electron chi connectivity index (χ4n) is 2.81. The van der Waals surface area contributed by atoms with Crippen molar-refractivity contribution < 1.29 is 0 Å². The maximum atomic E-state index is 3.52. The first-order chi connectivity index (χ1) is 8.77. The van der Waals surface area contributed by atoms with Crippen LogP contribution in [-0.4, -0.2) is 30.6 Å². The third-order valence-corrected chi connectivity index (χ3v) is 4.22. The number of anilines is 1. The molecule has 1 aromatic rings. The first kappa shape index (κ1) is 13.4. The van der Waals surface area contributed by atoms with Crippen LogP contribution in [-0.2, 0) is 0 Å². The van der Waals surface area contributed by atoms with Crippen LogP contribution >= 0.6 is 0 Å². The Hall–Kier alpha value is -1.02. The van der Waals surface area contributed by atoms with Crippen LogP contribution in [0.1, 0.15) is 39.0 Å². The Bertz CT molecular complexity index is 330. The van der Waals surface area contributed by atoms with Crippen molar-refractivity contribution in [2.45, 2.75) is 51.1 Å². The first-order valence-corrected chi connectivity index (χ1v) is 7.28. The Morgan fingerprint density at radius 1 is 1.17 bits per heavy atom. The van der Waals surface area contributed by atoms with E-state index in [-0.39, 0.29) is 0 Å². The van der Waals surface area contributed by atoms with Gasteiger partial charge >= 0.3 is 0 Å². The van der Waals surface area contributed by atoms with Crippen LogP contribution in [0.25, 0.3) is 0 Å². The van der Waals surface area contributed by atoms with E-state index in [9.17, 15) is 0 Å². The molecular weight excluding hydrogens is 220 g/mol. The summed E-state index contributed by atoms with van der Waals surface area (Å²) in [7, 11) is 2.29. The number of para-hydroxylation sites is 1. The molecule has 0 aliphatic heterocycles. The summed E-state index contributed by atoms with van der Waals surface area (Å²) < 4.78 is 0. The molecule has 0 aromatic heterocycles. The van der Waals surface area contributed by atoms with Gasteiger partial charge < -0.3 is 5.32 Å². The van der Waals surface area contributed by atoms with Gasteiger partial charge in [0.05, 0.1) is 0 Å². The smallest absolute Gasteiger partial charge is 0.0340 e. The van der Waals surface area contributed by atoms with Crippen molar-refractivity contribution in [3.8, 4) is 0 Å². The van der Waals surface area contributed by atoms with Crippen LogP contribution in [0, 0.1) is 0 Å². The Labute approximate surface area is 111 Å². The molecule has 1 atom stereocenters. The van der Waals surface area contributed by atoms with Crippen LogP contribution in [0.5, 0.6) is 0 Å². The molecule has 1 unspecified atom stereocenters. The third-order valence-electron chi connectivity index (χ3n) is 4.22. The normalized spacial score (nSPS) is 18.8. The van der Waals surface area contributed by atoms with Gasteiger partial charge in [-0.3, -0.25) is 4.90 Å². The molecule has 0 bridgehead atoms. The standard InChI is InChI=1S/C16H26N2/c1-14(13-17-15-9-5-3-6-10-15)18(2)16-11-7-4-8-12-16/h3,5-6,9-10,14,16-17H,4,7-8,11-13H2,1-2H3. The Morgan fingerprint density at radius 2 is 1.83 bits per heavy atom. The van der Waals surface area contributed by atoms with Gasteiger partial charge in [0.1, 0.15) is 0 Å². The Morgan fingerprint density at radius 3 is 2.50 bits per heavy atom. The van der Waals surface area contributed by atoms with E-state index in [0.717, 1.165) is 12.6 Å². The van der Waals surface area contributed by atoms with Gasteiger partial charge in [-0.2, -0.15) is 0 Å². The molecule has 2 nitrogen and oxygen atoms in total. The summed E-state index contributed by atoms with van der Waals surface area (Å²) in [5.74, 6) is 0. The van der Waals surface area contributed by atoms with Crippen LogP contribution in [0.3, 0.4) is 0 Å². The lowest BCUT2D eigenvalue weighted by Gasteiger charge is -2.35. The van der Waals surface area contributed by atoms with E-state index in [0.29, 0.717) is 6.04 Å². The molecule has 1 aromatic carbocycles. The number of hydrogen-bond acceptors (Lipinski definition) is 2. The fraction of sp³-hybridized carbons (Fsp3) is 0.625. The minimum atomic E-state index is 0.591. The summed E-state index contributed by atoms with van der Waals surface area (Å²) in [5.41, 5.74) is 1.22. The van der Waals surface area contributed by atoms with Gasteiger partial charge in [0, 0.05) is 24.3 Å². The minimum Gasteiger partial charge on any atom is -0.383 e. The molecule has 1 fully saturated rings. The van der Waals surface area contributed by atoms with Gasteiger partial charge in [0.2, 0.25) is 0 Å². The predicted molar refractivity (Wildman–Crippen MR) is 79.0 cm³/mol. The lowest BCUT2D eigenvalue weighted by atomic mass is 9.94. The molecule has 0 amide bonds. The lowest BCUT2D eigenvalue weighted by Crippen LogP contribution is -2.43. The fourth-order valence-corrected chi connectivity index (χ4v) is 2.81. The topological polar surface area (TPSA) is 15.3 Å². The van der Waals surface area contributed by atoms with Gasteiger partial charge in [-0.25, -0.2) is 0 Å². The summed E-state index contributed by atoms with van der Waals surface area (Å²) in [6, 6.07) is 11.9. The van der Waals surface area contributed by atoms with E-state index < -0.39 is 0 Å². The van der Waals surface area contributed by atoms with E-state index in [1.165, 1.54) is 37.8 Å². The number of nitrogens with one attached hydrogen (secondary N) is 1. The minimum absolute atomic E-state index is 0.591. The molecule has 1 aliphatic carbocycles. The molecule has 18 heavy (non-hydrogen) atoms. The third kappa shape index (κ3) is 3.74. The summed E-state index contributed by atoms with van der Waals surface area (Å²) in [6.07, 6.45) is 7.01. The lowest BCUT2D eigenvalue weighted by molar-refractivity contribution is 0.152. The molecule has 0 heterocycles. The van der Waals surface area contributed by atoms with E-state index in [1.807, 2.05) is 0 Å².